The Morgan fingerprint density at radius 1 is 1.26 bits per heavy atom. The minimum atomic E-state index is -0.172. The molecule has 3 aromatic rings. The van der Waals surface area contributed by atoms with E-state index in [1.165, 1.54) is 30.3 Å². The average molecular weight is 321 g/mol. The lowest BCUT2D eigenvalue weighted by Crippen LogP contribution is -2.07. The zero-order valence-corrected chi connectivity index (χ0v) is 13.2. The van der Waals surface area contributed by atoms with Crippen molar-refractivity contribution < 1.29 is 4.79 Å². The summed E-state index contributed by atoms with van der Waals surface area (Å²) in [5.74, 6) is 0.434. The van der Waals surface area contributed by atoms with E-state index in [-0.39, 0.29) is 5.91 Å². The summed E-state index contributed by atoms with van der Waals surface area (Å²) >= 11 is 1.48. The van der Waals surface area contributed by atoms with Crippen molar-refractivity contribution >= 4 is 39.4 Å². The Morgan fingerprint density at radius 3 is 3.00 bits per heavy atom. The SMILES string of the molecule is O=C(/C=C/c1cccc2cccnc12)Nc1nc(C2CC2)cs1. The predicted molar refractivity (Wildman–Crippen MR) is 93.5 cm³/mol. The van der Waals surface area contributed by atoms with Gasteiger partial charge in [-0.05, 0) is 25.0 Å². The highest BCUT2D eigenvalue weighted by molar-refractivity contribution is 7.14. The molecule has 1 N–H and O–H groups in total. The molecule has 4 rings (SSSR count). The Labute approximate surface area is 137 Å². The summed E-state index contributed by atoms with van der Waals surface area (Å²) in [6.07, 6.45) is 7.51. The number of nitrogens with one attached hydrogen (secondary N) is 1. The third-order valence-electron chi connectivity index (χ3n) is 3.83. The molecule has 1 aliphatic carbocycles. The van der Waals surface area contributed by atoms with Gasteiger partial charge in [0.15, 0.2) is 5.13 Å². The van der Waals surface area contributed by atoms with E-state index in [2.05, 4.69) is 15.3 Å². The maximum Gasteiger partial charge on any atom is 0.250 e. The van der Waals surface area contributed by atoms with Gasteiger partial charge in [0.25, 0.3) is 0 Å². The van der Waals surface area contributed by atoms with Crippen LogP contribution in [0.25, 0.3) is 17.0 Å². The topological polar surface area (TPSA) is 54.9 Å². The number of thiazole rings is 1. The van der Waals surface area contributed by atoms with Gasteiger partial charge in [-0.1, -0.05) is 24.3 Å². The van der Waals surface area contributed by atoms with Crippen molar-refractivity contribution in [1.29, 1.82) is 0 Å². The van der Waals surface area contributed by atoms with Crippen LogP contribution in [0, 0.1) is 0 Å². The number of anilines is 1. The van der Waals surface area contributed by atoms with Crippen LogP contribution in [0.15, 0.2) is 48.0 Å². The summed E-state index contributed by atoms with van der Waals surface area (Å²) < 4.78 is 0. The zero-order chi connectivity index (χ0) is 15.6. The molecule has 0 aliphatic heterocycles. The van der Waals surface area contributed by atoms with E-state index in [1.54, 1.807) is 12.3 Å². The van der Waals surface area contributed by atoms with E-state index in [9.17, 15) is 4.79 Å². The number of hydrogen-bond acceptors (Lipinski definition) is 4. The fourth-order valence-corrected chi connectivity index (χ4v) is 3.28. The summed E-state index contributed by atoms with van der Waals surface area (Å²) in [5.41, 5.74) is 2.92. The molecular formula is C18H15N3OS. The Hall–Kier alpha value is -2.53. The largest absolute Gasteiger partial charge is 0.298 e. The quantitative estimate of drug-likeness (QED) is 0.732. The number of fused-ring (bicyclic) bond motifs is 1. The van der Waals surface area contributed by atoms with Crippen LogP contribution < -0.4 is 5.32 Å². The third kappa shape index (κ3) is 3.14. The number of pyridine rings is 1. The highest BCUT2D eigenvalue weighted by Gasteiger charge is 2.26. The maximum absolute atomic E-state index is 12.1. The van der Waals surface area contributed by atoms with Gasteiger partial charge >= 0.3 is 0 Å². The van der Waals surface area contributed by atoms with E-state index in [4.69, 9.17) is 0 Å². The second-order valence-electron chi connectivity index (χ2n) is 5.60. The number of carbonyl (C=O) groups is 1. The second-order valence-corrected chi connectivity index (χ2v) is 6.45. The highest BCUT2D eigenvalue weighted by atomic mass is 32.1. The summed E-state index contributed by atoms with van der Waals surface area (Å²) in [7, 11) is 0. The Kier molecular flexibility index (Phi) is 3.63. The molecule has 1 amide bonds. The number of hydrogen-bond donors (Lipinski definition) is 1. The number of carbonyl (C=O) groups excluding carboxylic acids is 1. The number of rotatable bonds is 4. The fourth-order valence-electron chi connectivity index (χ4n) is 2.49. The smallest absolute Gasteiger partial charge is 0.250 e. The molecule has 2 heterocycles. The molecule has 23 heavy (non-hydrogen) atoms. The lowest BCUT2D eigenvalue weighted by atomic mass is 10.1. The van der Waals surface area contributed by atoms with Crippen molar-refractivity contribution in [1.82, 2.24) is 9.97 Å². The van der Waals surface area contributed by atoms with Gasteiger partial charge < -0.3 is 0 Å². The first kappa shape index (κ1) is 14.1. The van der Waals surface area contributed by atoms with E-state index in [0.717, 1.165) is 22.2 Å². The molecule has 1 fully saturated rings. The van der Waals surface area contributed by atoms with Gasteiger partial charge in [-0.25, -0.2) is 4.98 Å². The van der Waals surface area contributed by atoms with Gasteiger partial charge in [0.1, 0.15) is 0 Å². The number of nitrogens with zero attached hydrogens (tertiary/aromatic N) is 2. The van der Waals surface area contributed by atoms with Crippen molar-refractivity contribution in [2.45, 2.75) is 18.8 Å². The standard InChI is InChI=1S/C18H15N3OS/c22-16(21-18-20-15(11-23-18)12-6-7-12)9-8-14-4-1-3-13-5-2-10-19-17(13)14/h1-5,8-12H,6-7H2,(H,20,21,22)/b9-8+. The van der Waals surface area contributed by atoms with Crippen LogP contribution >= 0.6 is 11.3 Å². The summed E-state index contributed by atoms with van der Waals surface area (Å²) in [6, 6.07) is 9.84. The molecule has 0 radical (unpaired) electrons. The molecule has 2 aromatic heterocycles. The van der Waals surface area contributed by atoms with Crippen LogP contribution in [0.5, 0.6) is 0 Å². The summed E-state index contributed by atoms with van der Waals surface area (Å²) in [4.78, 5) is 20.9. The lowest BCUT2D eigenvalue weighted by molar-refractivity contribution is -0.111. The van der Waals surface area contributed by atoms with Crippen molar-refractivity contribution in [3.8, 4) is 0 Å². The Morgan fingerprint density at radius 2 is 2.13 bits per heavy atom. The van der Waals surface area contributed by atoms with E-state index in [1.807, 2.05) is 35.7 Å². The van der Waals surface area contributed by atoms with Crippen molar-refractivity contribution in [2.75, 3.05) is 5.32 Å². The van der Waals surface area contributed by atoms with Crippen molar-refractivity contribution in [2.24, 2.45) is 0 Å². The number of para-hydroxylation sites is 1. The lowest BCUT2D eigenvalue weighted by Gasteiger charge is -2.00. The van der Waals surface area contributed by atoms with E-state index in [0.29, 0.717) is 11.0 Å². The van der Waals surface area contributed by atoms with Crippen molar-refractivity contribution in [3.63, 3.8) is 0 Å². The normalized spacial score (nSPS) is 14.4. The number of amides is 1. The first-order chi connectivity index (χ1) is 11.3. The second kappa shape index (κ2) is 5.93. The Bertz CT molecular complexity index is 891. The fraction of sp³-hybridized carbons (Fsp3) is 0.167. The van der Waals surface area contributed by atoms with Crippen LogP contribution in [0.4, 0.5) is 5.13 Å². The van der Waals surface area contributed by atoms with Crippen LogP contribution in [-0.4, -0.2) is 15.9 Å². The van der Waals surface area contributed by atoms with Gasteiger partial charge in [0.2, 0.25) is 5.91 Å². The molecule has 5 heteroatoms. The summed E-state index contributed by atoms with van der Waals surface area (Å²) in [6.45, 7) is 0. The monoisotopic (exact) mass is 321 g/mol. The first-order valence-corrected chi connectivity index (χ1v) is 8.46. The minimum Gasteiger partial charge on any atom is -0.298 e. The van der Waals surface area contributed by atoms with Crippen LogP contribution in [0.1, 0.15) is 30.0 Å². The molecule has 1 aliphatic rings. The van der Waals surface area contributed by atoms with Crippen LogP contribution in [0.2, 0.25) is 0 Å². The predicted octanol–water partition coefficient (Wildman–Crippen LogP) is 4.22. The molecule has 0 spiro atoms. The highest BCUT2D eigenvalue weighted by Crippen LogP contribution is 2.40. The molecule has 114 valence electrons. The van der Waals surface area contributed by atoms with Gasteiger partial charge in [-0.15, -0.1) is 11.3 Å². The molecule has 0 atom stereocenters. The first-order valence-electron chi connectivity index (χ1n) is 7.58. The summed E-state index contributed by atoms with van der Waals surface area (Å²) in [5, 5.41) is 6.58. The van der Waals surface area contributed by atoms with Gasteiger partial charge in [-0.3, -0.25) is 15.1 Å². The van der Waals surface area contributed by atoms with Crippen LogP contribution in [0.3, 0.4) is 0 Å². The average Bonchev–Trinajstić information content (AvgIpc) is 3.33. The van der Waals surface area contributed by atoms with Gasteiger partial charge in [-0.2, -0.15) is 0 Å². The molecule has 1 saturated carbocycles. The molecule has 0 saturated heterocycles. The maximum atomic E-state index is 12.1. The van der Waals surface area contributed by atoms with Crippen LogP contribution in [-0.2, 0) is 4.79 Å². The van der Waals surface area contributed by atoms with Gasteiger partial charge in [0, 0.05) is 34.5 Å². The van der Waals surface area contributed by atoms with Crippen molar-refractivity contribution in [3.05, 3.63) is 59.2 Å². The molecule has 0 unspecified atom stereocenters. The number of aromatic nitrogens is 2. The molecular weight excluding hydrogens is 306 g/mol. The van der Waals surface area contributed by atoms with E-state index < -0.39 is 0 Å². The number of benzene rings is 1. The van der Waals surface area contributed by atoms with Gasteiger partial charge in [0.05, 0.1) is 11.2 Å². The molecule has 1 aromatic carbocycles. The molecule has 4 nitrogen and oxygen atoms in total. The third-order valence-corrected chi connectivity index (χ3v) is 4.60. The van der Waals surface area contributed by atoms with E-state index >= 15 is 0 Å². The molecule has 0 bridgehead atoms. The minimum absolute atomic E-state index is 0.172. The zero-order valence-electron chi connectivity index (χ0n) is 12.4. The Balaban J connectivity index is 1.49.